The fourth-order valence-electron chi connectivity index (χ4n) is 3.49. The number of carbonyl (C=O) groups excluding carboxylic acids is 1. The lowest BCUT2D eigenvalue weighted by molar-refractivity contribution is -0.135. The molecule has 1 aromatic heterocycles. The van der Waals surface area contributed by atoms with Gasteiger partial charge < -0.3 is 10.2 Å². The quantitative estimate of drug-likeness (QED) is 0.869. The number of pyridine rings is 1. The van der Waals surface area contributed by atoms with Gasteiger partial charge >= 0.3 is 0 Å². The van der Waals surface area contributed by atoms with Gasteiger partial charge in [-0.25, -0.2) is 4.39 Å². The number of anilines is 2. The zero-order valence-corrected chi connectivity index (χ0v) is 15.6. The molecule has 1 amide bonds. The van der Waals surface area contributed by atoms with Gasteiger partial charge in [-0.3, -0.25) is 9.78 Å². The molecule has 0 aliphatic carbocycles. The normalized spacial score (nSPS) is 17.4. The summed E-state index contributed by atoms with van der Waals surface area (Å²) in [5, 5.41) is 3.26. The number of carbonyl (C=O) groups is 1. The van der Waals surface area contributed by atoms with Gasteiger partial charge in [-0.1, -0.05) is 19.9 Å². The fourth-order valence-corrected chi connectivity index (χ4v) is 3.49. The number of aromatic nitrogens is 1. The van der Waals surface area contributed by atoms with Crippen molar-refractivity contribution in [3.63, 3.8) is 0 Å². The summed E-state index contributed by atoms with van der Waals surface area (Å²) in [4.78, 5) is 19.0. The minimum absolute atomic E-state index is 0.0180. The maximum absolute atomic E-state index is 13.4. The van der Waals surface area contributed by atoms with Crippen molar-refractivity contribution in [2.45, 2.75) is 39.5 Å². The molecule has 1 aliphatic heterocycles. The molecule has 1 aromatic carbocycles. The van der Waals surface area contributed by atoms with Crippen LogP contribution in [0, 0.1) is 18.7 Å². The van der Waals surface area contributed by atoms with Crippen molar-refractivity contribution >= 4 is 17.3 Å². The third-order valence-electron chi connectivity index (χ3n) is 4.73. The lowest BCUT2D eigenvalue weighted by Crippen LogP contribution is -2.41. The summed E-state index contributed by atoms with van der Waals surface area (Å²) < 4.78 is 13.4. The Bertz CT molecular complexity index is 791. The van der Waals surface area contributed by atoms with Crippen molar-refractivity contribution in [3.05, 3.63) is 53.6 Å². The van der Waals surface area contributed by atoms with Crippen molar-refractivity contribution < 1.29 is 9.18 Å². The van der Waals surface area contributed by atoms with Crippen LogP contribution in [0.15, 0.2) is 36.4 Å². The third-order valence-corrected chi connectivity index (χ3v) is 4.73. The summed E-state index contributed by atoms with van der Waals surface area (Å²) in [6.07, 6.45) is 2.02. The Labute approximate surface area is 154 Å². The van der Waals surface area contributed by atoms with Gasteiger partial charge in [0.15, 0.2) is 0 Å². The zero-order chi connectivity index (χ0) is 18.7. The van der Waals surface area contributed by atoms with E-state index in [1.807, 2.05) is 43.9 Å². The Morgan fingerprint density at radius 2 is 2.08 bits per heavy atom. The van der Waals surface area contributed by atoms with Gasteiger partial charge in [-0.05, 0) is 50.1 Å². The first-order chi connectivity index (χ1) is 12.4. The summed E-state index contributed by atoms with van der Waals surface area (Å²) in [6, 6.07) is 10.4. The van der Waals surface area contributed by atoms with Crippen molar-refractivity contribution in [1.82, 2.24) is 9.88 Å². The van der Waals surface area contributed by atoms with Crippen molar-refractivity contribution in [1.29, 1.82) is 0 Å². The molecule has 1 N–H and O–H groups in total. The maximum Gasteiger partial charge on any atom is 0.225 e. The van der Waals surface area contributed by atoms with Crippen LogP contribution in [0.1, 0.15) is 44.0 Å². The van der Waals surface area contributed by atoms with E-state index in [1.165, 1.54) is 12.1 Å². The molecule has 5 heteroatoms. The number of hydrogen-bond acceptors (Lipinski definition) is 3. The highest BCUT2D eigenvalue weighted by Crippen LogP contribution is 2.29. The molecule has 0 bridgehead atoms. The van der Waals surface area contributed by atoms with E-state index < -0.39 is 0 Å². The van der Waals surface area contributed by atoms with Gasteiger partial charge in [0.25, 0.3) is 0 Å². The highest BCUT2D eigenvalue weighted by Gasteiger charge is 2.27. The predicted molar refractivity (Wildman–Crippen MR) is 102 cm³/mol. The number of aryl methyl sites for hydroxylation is 1. The summed E-state index contributed by atoms with van der Waals surface area (Å²) in [5.41, 5.74) is 3.51. The molecule has 1 aliphatic rings. The van der Waals surface area contributed by atoms with Crippen LogP contribution in [0.4, 0.5) is 15.8 Å². The summed E-state index contributed by atoms with van der Waals surface area (Å²) in [5.74, 6) is 0.195. The number of nitrogens with zero attached hydrogens (tertiary/aromatic N) is 2. The number of hydrogen-bond donors (Lipinski definition) is 1. The maximum atomic E-state index is 13.4. The van der Waals surface area contributed by atoms with E-state index in [2.05, 4.69) is 5.32 Å². The molecule has 2 aromatic rings. The van der Waals surface area contributed by atoms with Gasteiger partial charge in [0.1, 0.15) is 5.82 Å². The van der Waals surface area contributed by atoms with E-state index in [-0.39, 0.29) is 23.6 Å². The van der Waals surface area contributed by atoms with E-state index in [9.17, 15) is 9.18 Å². The molecular weight excluding hydrogens is 329 g/mol. The number of likely N-dealkylation sites (tertiary alicyclic amines) is 1. The predicted octanol–water partition coefficient (Wildman–Crippen LogP) is 4.63. The van der Waals surface area contributed by atoms with E-state index in [4.69, 9.17) is 4.98 Å². The van der Waals surface area contributed by atoms with Crippen molar-refractivity contribution in [2.75, 3.05) is 18.4 Å². The van der Waals surface area contributed by atoms with E-state index >= 15 is 0 Å². The Kier molecular flexibility index (Phi) is 5.55. The molecule has 138 valence electrons. The number of amides is 1. The summed E-state index contributed by atoms with van der Waals surface area (Å²) in [6.45, 7) is 7.39. The van der Waals surface area contributed by atoms with Crippen molar-refractivity contribution in [2.24, 2.45) is 5.92 Å². The molecule has 0 spiro atoms. The molecule has 1 atom stereocenters. The van der Waals surface area contributed by atoms with Crippen LogP contribution in [0.3, 0.4) is 0 Å². The molecule has 0 radical (unpaired) electrons. The highest BCUT2D eigenvalue weighted by atomic mass is 19.1. The largest absolute Gasteiger partial charge is 0.355 e. The summed E-state index contributed by atoms with van der Waals surface area (Å²) in [7, 11) is 0. The first-order valence-electron chi connectivity index (χ1n) is 9.22. The molecule has 4 nitrogen and oxygen atoms in total. The Balaban J connectivity index is 1.79. The second-order valence-corrected chi connectivity index (χ2v) is 7.34. The average molecular weight is 355 g/mol. The molecule has 3 rings (SSSR count). The minimum Gasteiger partial charge on any atom is -0.355 e. The topological polar surface area (TPSA) is 45.2 Å². The third kappa shape index (κ3) is 4.40. The van der Waals surface area contributed by atoms with Crippen LogP contribution >= 0.6 is 0 Å². The van der Waals surface area contributed by atoms with E-state index in [0.717, 1.165) is 36.5 Å². The zero-order valence-electron chi connectivity index (χ0n) is 15.6. The smallest absolute Gasteiger partial charge is 0.225 e. The molecular formula is C21H26FN3O. The second-order valence-electron chi connectivity index (χ2n) is 7.34. The van der Waals surface area contributed by atoms with Crippen LogP contribution in [-0.2, 0) is 4.79 Å². The molecule has 1 unspecified atom stereocenters. The van der Waals surface area contributed by atoms with Gasteiger partial charge in [0.2, 0.25) is 5.91 Å². The number of halogens is 1. The summed E-state index contributed by atoms with van der Waals surface area (Å²) >= 11 is 0. The lowest BCUT2D eigenvalue weighted by atomic mass is 9.93. The second kappa shape index (κ2) is 7.85. The van der Waals surface area contributed by atoms with Gasteiger partial charge in [0.05, 0.1) is 0 Å². The van der Waals surface area contributed by atoms with Gasteiger partial charge in [-0.15, -0.1) is 0 Å². The minimum atomic E-state index is -0.267. The Morgan fingerprint density at radius 3 is 2.81 bits per heavy atom. The van der Waals surface area contributed by atoms with Crippen LogP contribution in [-0.4, -0.2) is 28.9 Å². The van der Waals surface area contributed by atoms with Crippen LogP contribution in [0.5, 0.6) is 0 Å². The number of benzene rings is 1. The van der Waals surface area contributed by atoms with Crippen molar-refractivity contribution in [3.8, 4) is 0 Å². The lowest BCUT2D eigenvalue weighted by Gasteiger charge is -2.34. The standard InChI is InChI=1S/C21H26FN3O/c1-14(2)21(26)25-9-5-6-16(13-25)20-12-19(10-15(3)23-20)24-18-8-4-7-17(22)11-18/h4,7-8,10-12,14,16H,5-6,9,13H2,1-3H3,(H,23,24). The van der Waals surface area contributed by atoms with Gasteiger partial charge in [0, 0.05) is 47.7 Å². The van der Waals surface area contributed by atoms with Gasteiger partial charge in [-0.2, -0.15) is 0 Å². The van der Waals surface area contributed by atoms with Crippen LogP contribution < -0.4 is 5.32 Å². The first-order valence-corrected chi connectivity index (χ1v) is 9.22. The average Bonchev–Trinajstić information content (AvgIpc) is 2.60. The SMILES string of the molecule is Cc1cc(Nc2cccc(F)c2)cc(C2CCCN(C(=O)C(C)C)C2)n1. The fraction of sp³-hybridized carbons (Fsp3) is 0.429. The Hall–Kier alpha value is -2.43. The first kappa shape index (κ1) is 18.4. The van der Waals surface area contributed by atoms with Crippen LogP contribution in [0.2, 0.25) is 0 Å². The van der Waals surface area contributed by atoms with Crippen LogP contribution in [0.25, 0.3) is 0 Å². The molecule has 1 saturated heterocycles. The Morgan fingerprint density at radius 1 is 1.27 bits per heavy atom. The molecule has 1 fully saturated rings. The van der Waals surface area contributed by atoms with E-state index in [0.29, 0.717) is 12.2 Å². The molecule has 2 heterocycles. The molecule has 0 saturated carbocycles. The van der Waals surface area contributed by atoms with E-state index in [1.54, 1.807) is 6.07 Å². The number of piperidine rings is 1. The molecule has 26 heavy (non-hydrogen) atoms. The monoisotopic (exact) mass is 355 g/mol. The number of rotatable bonds is 4. The number of nitrogens with one attached hydrogen (secondary N) is 1. The highest BCUT2D eigenvalue weighted by molar-refractivity contribution is 5.78.